The second kappa shape index (κ2) is 36.1. The molecule has 9 rings (SSSR count). The largest absolute Gasteiger partial charge is 0.378 e. The Kier molecular flexibility index (Phi) is 30.5. The third-order valence-corrected chi connectivity index (χ3v) is 17.1. The molecule has 490 valence electrons. The number of ether oxygens (including phenoxy) is 1. The lowest BCUT2D eigenvalue weighted by Gasteiger charge is -2.32. The van der Waals surface area contributed by atoms with Crippen LogP contribution in [0.25, 0.3) is 21.8 Å². The third-order valence-electron chi connectivity index (χ3n) is 17.1. The van der Waals surface area contributed by atoms with E-state index in [-0.39, 0.29) is 35.2 Å². The molecule has 1 aliphatic heterocycles. The fourth-order valence-electron chi connectivity index (χ4n) is 11.4. The van der Waals surface area contributed by atoms with Gasteiger partial charge in [-0.05, 0) is 187 Å². The molecule has 3 heterocycles. The molecule has 4 nitrogen and oxygen atoms in total. The van der Waals surface area contributed by atoms with Gasteiger partial charge >= 0.3 is 0 Å². The molecule has 7 heteroatoms. The number of nitrogens with zero attached hydrogens (tertiary/aromatic N) is 3. The van der Waals surface area contributed by atoms with Crippen molar-refractivity contribution in [2.75, 3.05) is 31.2 Å². The van der Waals surface area contributed by atoms with Crippen LogP contribution in [0, 0.1) is 24.4 Å². The van der Waals surface area contributed by atoms with E-state index in [2.05, 4.69) is 219 Å². The van der Waals surface area contributed by atoms with Gasteiger partial charge in [0.15, 0.2) is 0 Å². The molecule has 0 amide bonds. The quantitative estimate of drug-likeness (QED) is 0.115. The summed E-state index contributed by atoms with van der Waals surface area (Å²) in [6.07, 6.45) is 3.77. The first-order valence-corrected chi connectivity index (χ1v) is 33.9. The van der Waals surface area contributed by atoms with Crippen LogP contribution in [0.2, 0.25) is 0 Å². The maximum absolute atomic E-state index is 13.5. The van der Waals surface area contributed by atoms with Crippen LogP contribution in [-0.2, 0) is 4.74 Å². The maximum atomic E-state index is 13.5. The minimum Gasteiger partial charge on any atom is -0.378 e. The van der Waals surface area contributed by atoms with Crippen molar-refractivity contribution in [2.24, 2.45) is 0 Å². The first kappa shape index (κ1) is 76.1. The zero-order valence-electron chi connectivity index (χ0n) is 60.3. The van der Waals surface area contributed by atoms with Crippen molar-refractivity contribution in [3.05, 3.63) is 217 Å². The van der Waals surface area contributed by atoms with Gasteiger partial charge in [-0.2, -0.15) is 0 Å². The third kappa shape index (κ3) is 21.7. The zero-order valence-corrected chi connectivity index (χ0v) is 60.3. The topological polar surface area (TPSA) is 38.2 Å². The van der Waals surface area contributed by atoms with Gasteiger partial charge in [0.25, 0.3) is 0 Å². The van der Waals surface area contributed by atoms with Crippen LogP contribution in [0.3, 0.4) is 0 Å². The first-order valence-electron chi connectivity index (χ1n) is 33.9. The fourth-order valence-corrected chi connectivity index (χ4v) is 11.4. The molecule has 0 spiro atoms. The number of halogens is 3. The van der Waals surface area contributed by atoms with E-state index >= 15 is 0 Å². The highest BCUT2D eigenvalue weighted by Gasteiger charge is 2.19. The Morgan fingerprint density at radius 2 is 0.633 bits per heavy atom. The highest BCUT2D eigenvalue weighted by molar-refractivity contribution is 5.87. The molecular weight excluding hydrogens is 1110 g/mol. The van der Waals surface area contributed by atoms with Crippen LogP contribution in [0.5, 0.6) is 0 Å². The van der Waals surface area contributed by atoms with E-state index in [1.807, 2.05) is 78.2 Å². The molecule has 90 heavy (non-hydrogen) atoms. The number of fused-ring (bicyclic) bond motifs is 2. The molecule has 0 N–H and O–H groups in total. The van der Waals surface area contributed by atoms with Crippen LogP contribution in [0.15, 0.2) is 128 Å². The van der Waals surface area contributed by atoms with Crippen molar-refractivity contribution < 1.29 is 17.9 Å². The zero-order chi connectivity index (χ0) is 67.4. The molecule has 0 saturated carbocycles. The van der Waals surface area contributed by atoms with Crippen LogP contribution in [0.1, 0.15) is 310 Å². The van der Waals surface area contributed by atoms with Crippen molar-refractivity contribution >= 4 is 27.5 Å². The van der Waals surface area contributed by atoms with Crippen molar-refractivity contribution in [2.45, 2.75) is 244 Å². The van der Waals surface area contributed by atoms with Gasteiger partial charge in [-0.3, -0.25) is 9.97 Å². The van der Waals surface area contributed by atoms with Gasteiger partial charge in [-0.1, -0.05) is 245 Å². The normalized spacial score (nSPS) is 12.5. The molecule has 6 aromatic carbocycles. The van der Waals surface area contributed by atoms with Crippen molar-refractivity contribution in [1.29, 1.82) is 0 Å². The number of benzene rings is 6. The second-order valence-corrected chi connectivity index (χ2v) is 28.4. The lowest BCUT2D eigenvalue weighted by molar-refractivity contribution is 0.122. The molecule has 8 aromatic rings. The van der Waals surface area contributed by atoms with E-state index in [0.717, 1.165) is 37.4 Å². The average molecular weight is 1230 g/mol. The van der Waals surface area contributed by atoms with E-state index in [4.69, 9.17) is 4.74 Å². The monoisotopic (exact) mass is 1230 g/mol. The molecule has 1 saturated heterocycles. The summed E-state index contributed by atoms with van der Waals surface area (Å²) < 4.78 is 45.9. The molecular formula is C83H116F3N3O. The number of pyridine rings is 2. The maximum Gasteiger partial charge on any atom is 0.127 e. The number of hydrogen-bond acceptors (Lipinski definition) is 4. The van der Waals surface area contributed by atoms with Gasteiger partial charge in [0, 0.05) is 41.9 Å². The van der Waals surface area contributed by atoms with Gasteiger partial charge in [-0.25, -0.2) is 13.2 Å². The average Bonchev–Trinajstić information content (AvgIpc) is 0.958. The molecule has 0 bridgehead atoms. The number of hydrogen-bond donors (Lipinski definition) is 0. The van der Waals surface area contributed by atoms with Crippen molar-refractivity contribution in [3.63, 3.8) is 0 Å². The molecule has 2 aromatic heterocycles. The molecule has 0 atom stereocenters. The summed E-state index contributed by atoms with van der Waals surface area (Å²) in [4.78, 5) is 11.6. The SMILES string of the molecule is CC(C)c1cc(F)c(C(C)C)cc1F.CC(C)c1ccc(C(C)C)c(F)c1.CC(C)c1ccc(C(C)C)c(N2CCOCC2)c1.CC(C)c1ccc(C(C)C)c2ncccc12.CC(C)c1ccc(C(C)C)c2ncccc12.Cc1cc(C(C)C)ccc1C(C)C. The second-order valence-electron chi connectivity index (χ2n) is 28.4. The predicted octanol–water partition coefficient (Wildman–Crippen LogP) is 25.3. The number of aromatic nitrogens is 2. The van der Waals surface area contributed by atoms with E-state index < -0.39 is 0 Å². The van der Waals surface area contributed by atoms with Crippen molar-refractivity contribution in [3.8, 4) is 0 Å². The summed E-state index contributed by atoms with van der Waals surface area (Å²) in [7, 11) is 0. The smallest absolute Gasteiger partial charge is 0.127 e. The highest BCUT2D eigenvalue weighted by atomic mass is 19.1. The Labute approximate surface area is 545 Å². The molecule has 0 unspecified atom stereocenters. The number of anilines is 1. The Hall–Kier alpha value is -6.31. The Morgan fingerprint density at radius 1 is 0.322 bits per heavy atom. The van der Waals surface area contributed by atoms with E-state index in [0.29, 0.717) is 64.4 Å². The summed E-state index contributed by atoms with van der Waals surface area (Å²) in [6.45, 7) is 57.4. The van der Waals surface area contributed by atoms with E-state index in [9.17, 15) is 13.2 Å². The highest BCUT2D eigenvalue weighted by Crippen LogP contribution is 2.35. The van der Waals surface area contributed by atoms with Crippen LogP contribution in [0.4, 0.5) is 18.9 Å². The van der Waals surface area contributed by atoms with Crippen LogP contribution < -0.4 is 4.90 Å². The van der Waals surface area contributed by atoms with Gasteiger partial charge in [0.2, 0.25) is 0 Å². The minimum absolute atomic E-state index is 0.0192. The van der Waals surface area contributed by atoms with Gasteiger partial charge < -0.3 is 9.64 Å². The molecule has 1 aliphatic rings. The summed E-state index contributed by atoms with van der Waals surface area (Å²) in [5, 5.41) is 2.62. The standard InChI is InChI=1S/C16H25NO.2C15H19N.C13H20.C12H16F2.C12H17F/c1-12(2)14-5-6-15(13(3)4)16(11-14)17-7-9-18-10-8-17;2*1-10(2)12-7-8-13(11(3)4)15-14(12)6-5-9-16-15;1-9(2)12-6-7-13(10(3)4)11(5)8-12;1-7(2)9-5-12(14)10(8(3)4)6-11(9)13;1-8(2)10-5-6-11(9(3)4)12(13)7-10/h5-6,11-13H,7-10H2,1-4H3;2*5-11H,1-4H3;6-10H,1-5H3;5-8H,1-4H3;5-9H,1-4H3. The summed E-state index contributed by atoms with van der Waals surface area (Å²) >= 11 is 0. The van der Waals surface area contributed by atoms with Crippen molar-refractivity contribution in [1.82, 2.24) is 9.97 Å². The minimum atomic E-state index is -0.301. The van der Waals surface area contributed by atoms with Crippen LogP contribution in [-0.4, -0.2) is 36.3 Å². The predicted molar refractivity (Wildman–Crippen MR) is 386 cm³/mol. The molecule has 0 aliphatic carbocycles. The Bertz CT molecular complexity index is 3180. The van der Waals surface area contributed by atoms with E-state index in [1.165, 1.54) is 89.7 Å². The fraction of sp³-hybridized carbons (Fsp3) is 0.494. The summed E-state index contributed by atoms with van der Waals surface area (Å²) in [5.74, 6) is 4.62. The lowest BCUT2D eigenvalue weighted by atomic mass is 9.92. The summed E-state index contributed by atoms with van der Waals surface area (Å²) in [5.41, 5.74) is 19.3. The molecule has 0 radical (unpaired) electrons. The number of morpholine rings is 1. The van der Waals surface area contributed by atoms with Gasteiger partial charge in [0.05, 0.1) is 24.2 Å². The number of rotatable bonds is 13. The van der Waals surface area contributed by atoms with Crippen LogP contribution >= 0.6 is 0 Å². The Morgan fingerprint density at radius 3 is 0.978 bits per heavy atom. The van der Waals surface area contributed by atoms with Gasteiger partial charge in [-0.15, -0.1) is 0 Å². The molecule has 1 fully saturated rings. The Balaban J connectivity index is 0.000000232. The number of aryl methyl sites for hydroxylation is 1. The van der Waals surface area contributed by atoms with Gasteiger partial charge in [0.1, 0.15) is 17.5 Å². The first-order chi connectivity index (χ1) is 42.3. The van der Waals surface area contributed by atoms with E-state index in [1.54, 1.807) is 6.07 Å². The lowest BCUT2D eigenvalue weighted by Crippen LogP contribution is -2.37. The summed E-state index contributed by atoms with van der Waals surface area (Å²) in [6, 6.07) is 39.4.